The van der Waals surface area contributed by atoms with E-state index in [9.17, 15) is 4.39 Å². The van der Waals surface area contributed by atoms with Crippen molar-refractivity contribution >= 4 is 27.3 Å². The summed E-state index contributed by atoms with van der Waals surface area (Å²) in [5.74, 6) is -0.421. The molecule has 0 unspecified atom stereocenters. The molecule has 2 rings (SSSR count). The van der Waals surface area contributed by atoms with E-state index in [4.69, 9.17) is 4.74 Å². The van der Waals surface area contributed by atoms with Crippen molar-refractivity contribution in [3.8, 4) is 5.88 Å². The van der Waals surface area contributed by atoms with Gasteiger partial charge in [-0.1, -0.05) is 0 Å². The molecule has 0 N–H and O–H groups in total. The molecular formula is C11H10BrFN2OS. The fourth-order valence-electron chi connectivity index (χ4n) is 1.31. The molecular weight excluding hydrogens is 307 g/mol. The number of thiazole rings is 1. The van der Waals surface area contributed by atoms with E-state index in [2.05, 4.69) is 25.9 Å². The highest BCUT2D eigenvalue weighted by Gasteiger charge is 2.07. The predicted molar refractivity (Wildman–Crippen MR) is 67.9 cm³/mol. The van der Waals surface area contributed by atoms with Crippen LogP contribution in [-0.4, -0.2) is 16.6 Å². The van der Waals surface area contributed by atoms with Crippen LogP contribution in [0.15, 0.2) is 22.2 Å². The molecule has 90 valence electrons. The number of ether oxygens (including phenoxy) is 1. The van der Waals surface area contributed by atoms with Crippen molar-refractivity contribution in [3.63, 3.8) is 0 Å². The maximum absolute atomic E-state index is 13.4. The largest absolute Gasteiger partial charge is 0.475 e. The Balaban J connectivity index is 1.92. The maximum atomic E-state index is 13.4. The van der Waals surface area contributed by atoms with Gasteiger partial charge < -0.3 is 4.74 Å². The van der Waals surface area contributed by atoms with Crippen LogP contribution >= 0.6 is 27.3 Å². The Labute approximate surface area is 111 Å². The summed E-state index contributed by atoms with van der Waals surface area (Å²) >= 11 is 4.72. The lowest BCUT2D eigenvalue weighted by molar-refractivity contribution is 0.292. The van der Waals surface area contributed by atoms with Crippen molar-refractivity contribution in [1.82, 2.24) is 9.97 Å². The van der Waals surface area contributed by atoms with Crippen LogP contribution in [0.3, 0.4) is 0 Å². The van der Waals surface area contributed by atoms with E-state index in [1.54, 1.807) is 16.8 Å². The summed E-state index contributed by atoms with van der Waals surface area (Å²) in [6.07, 6.45) is 2.23. The van der Waals surface area contributed by atoms with Gasteiger partial charge in [-0.2, -0.15) is 0 Å². The van der Waals surface area contributed by atoms with E-state index < -0.39 is 5.82 Å². The average Bonchev–Trinajstić information content (AvgIpc) is 2.68. The van der Waals surface area contributed by atoms with E-state index in [1.165, 1.54) is 12.3 Å². The second-order valence-corrected chi connectivity index (χ2v) is 5.25. The molecule has 3 nitrogen and oxygen atoms in total. The van der Waals surface area contributed by atoms with Crippen LogP contribution in [0.5, 0.6) is 5.88 Å². The zero-order valence-electron chi connectivity index (χ0n) is 9.11. The minimum absolute atomic E-state index is 0.0374. The van der Waals surface area contributed by atoms with Crippen LogP contribution in [0.2, 0.25) is 0 Å². The smallest absolute Gasteiger partial charge is 0.250 e. The molecule has 0 amide bonds. The molecule has 0 spiro atoms. The van der Waals surface area contributed by atoms with Gasteiger partial charge in [-0.3, -0.25) is 0 Å². The normalized spacial score (nSPS) is 10.5. The van der Waals surface area contributed by atoms with Gasteiger partial charge in [0.1, 0.15) is 0 Å². The molecule has 0 fully saturated rings. The van der Waals surface area contributed by atoms with Gasteiger partial charge in [0, 0.05) is 22.0 Å². The number of rotatable bonds is 4. The highest BCUT2D eigenvalue weighted by atomic mass is 79.9. The monoisotopic (exact) mass is 316 g/mol. The van der Waals surface area contributed by atoms with E-state index in [0.29, 0.717) is 17.5 Å². The summed E-state index contributed by atoms with van der Waals surface area (Å²) in [5.41, 5.74) is 2.80. The Morgan fingerprint density at radius 3 is 2.94 bits per heavy atom. The number of aryl methyl sites for hydroxylation is 1. The number of aromatic nitrogens is 2. The third kappa shape index (κ3) is 3.23. The second-order valence-electron chi connectivity index (χ2n) is 3.40. The molecule has 17 heavy (non-hydrogen) atoms. The van der Waals surface area contributed by atoms with Gasteiger partial charge in [0.25, 0.3) is 0 Å². The summed E-state index contributed by atoms with van der Waals surface area (Å²) < 4.78 is 19.3. The minimum Gasteiger partial charge on any atom is -0.475 e. The fraction of sp³-hybridized carbons (Fsp3) is 0.273. The van der Waals surface area contributed by atoms with E-state index in [0.717, 1.165) is 10.6 Å². The SMILES string of the molecule is Cc1ncsc1CCOc1ncc(Br)cc1F. The summed E-state index contributed by atoms with van der Waals surface area (Å²) in [6, 6.07) is 1.33. The molecule has 0 aliphatic rings. The van der Waals surface area contributed by atoms with E-state index in [1.807, 2.05) is 6.92 Å². The molecule has 0 aliphatic heterocycles. The number of nitrogens with zero attached hydrogens (tertiary/aromatic N) is 2. The van der Waals surface area contributed by atoms with E-state index >= 15 is 0 Å². The van der Waals surface area contributed by atoms with Crippen LogP contribution in [0.1, 0.15) is 10.6 Å². The quantitative estimate of drug-likeness (QED) is 0.867. The number of hydrogen-bond donors (Lipinski definition) is 0. The molecule has 2 heterocycles. The van der Waals surface area contributed by atoms with Crippen LogP contribution < -0.4 is 4.74 Å². The zero-order chi connectivity index (χ0) is 12.3. The zero-order valence-corrected chi connectivity index (χ0v) is 11.5. The van der Waals surface area contributed by atoms with Gasteiger partial charge in [0.2, 0.25) is 5.88 Å². The first-order chi connectivity index (χ1) is 8.16. The highest BCUT2D eigenvalue weighted by molar-refractivity contribution is 9.10. The Morgan fingerprint density at radius 1 is 1.47 bits per heavy atom. The van der Waals surface area contributed by atoms with Gasteiger partial charge >= 0.3 is 0 Å². The molecule has 0 aliphatic carbocycles. The Kier molecular flexibility index (Phi) is 4.06. The minimum atomic E-state index is -0.458. The molecule has 0 bridgehead atoms. The Hall–Kier alpha value is -1.01. The summed E-state index contributed by atoms with van der Waals surface area (Å²) in [6.45, 7) is 2.35. The van der Waals surface area contributed by atoms with Crippen LogP contribution in [0.25, 0.3) is 0 Å². The summed E-state index contributed by atoms with van der Waals surface area (Å²) in [4.78, 5) is 9.16. The van der Waals surface area contributed by atoms with Crippen molar-refractivity contribution in [3.05, 3.63) is 38.6 Å². The van der Waals surface area contributed by atoms with Crippen molar-refractivity contribution in [2.24, 2.45) is 0 Å². The first-order valence-corrected chi connectivity index (χ1v) is 6.67. The topological polar surface area (TPSA) is 35.0 Å². The summed E-state index contributed by atoms with van der Waals surface area (Å²) in [5, 5.41) is 0. The lowest BCUT2D eigenvalue weighted by atomic mass is 10.3. The molecule has 0 radical (unpaired) electrons. The molecule has 6 heteroatoms. The van der Waals surface area contributed by atoms with Crippen molar-refractivity contribution < 1.29 is 9.13 Å². The number of halogens is 2. The highest BCUT2D eigenvalue weighted by Crippen LogP contribution is 2.19. The van der Waals surface area contributed by atoms with Crippen molar-refractivity contribution in [2.75, 3.05) is 6.61 Å². The maximum Gasteiger partial charge on any atom is 0.250 e. The lowest BCUT2D eigenvalue weighted by Gasteiger charge is -2.05. The third-order valence-corrected chi connectivity index (χ3v) is 3.62. The van der Waals surface area contributed by atoms with Crippen molar-refractivity contribution in [1.29, 1.82) is 0 Å². The molecule has 2 aromatic rings. The Morgan fingerprint density at radius 2 is 2.29 bits per heavy atom. The molecule has 0 aromatic carbocycles. The standard InChI is InChI=1S/C11H10BrFN2OS/c1-7-10(17-6-15-7)2-3-16-11-9(13)4-8(12)5-14-11/h4-6H,2-3H2,1H3. The molecule has 2 aromatic heterocycles. The van der Waals surface area contributed by atoms with E-state index in [-0.39, 0.29) is 5.88 Å². The lowest BCUT2D eigenvalue weighted by Crippen LogP contribution is -2.04. The van der Waals surface area contributed by atoms with Crippen molar-refractivity contribution in [2.45, 2.75) is 13.3 Å². The molecule has 0 saturated carbocycles. The van der Waals surface area contributed by atoms with Gasteiger partial charge in [-0.15, -0.1) is 11.3 Å². The average molecular weight is 317 g/mol. The van der Waals surface area contributed by atoms with Gasteiger partial charge in [-0.25, -0.2) is 14.4 Å². The van der Waals surface area contributed by atoms with Gasteiger partial charge in [0.15, 0.2) is 5.82 Å². The fourth-order valence-corrected chi connectivity index (χ4v) is 2.38. The second kappa shape index (κ2) is 5.55. The first kappa shape index (κ1) is 12.4. The number of hydrogen-bond acceptors (Lipinski definition) is 4. The van der Waals surface area contributed by atoms with Crippen LogP contribution in [0.4, 0.5) is 4.39 Å². The molecule has 0 saturated heterocycles. The predicted octanol–water partition coefficient (Wildman–Crippen LogP) is 3.37. The Bertz CT molecular complexity index is 518. The third-order valence-electron chi connectivity index (χ3n) is 2.19. The number of pyridine rings is 1. The summed E-state index contributed by atoms with van der Waals surface area (Å²) in [7, 11) is 0. The molecule has 0 atom stereocenters. The first-order valence-electron chi connectivity index (χ1n) is 4.99. The van der Waals surface area contributed by atoms with Gasteiger partial charge in [0.05, 0.1) is 17.8 Å². The van der Waals surface area contributed by atoms with Gasteiger partial charge in [-0.05, 0) is 28.9 Å². The van der Waals surface area contributed by atoms with Crippen LogP contribution in [-0.2, 0) is 6.42 Å². The van der Waals surface area contributed by atoms with Crippen LogP contribution in [0, 0.1) is 12.7 Å².